The third-order valence-corrected chi connectivity index (χ3v) is 4.65. The zero-order valence-electron chi connectivity index (χ0n) is 11.2. The number of alkyl halides is 4. The molecule has 1 saturated carbocycles. The van der Waals surface area contributed by atoms with E-state index in [1.54, 1.807) is 6.07 Å². The van der Waals surface area contributed by atoms with Crippen LogP contribution in [0.25, 0.3) is 0 Å². The van der Waals surface area contributed by atoms with Crippen LogP contribution >= 0.6 is 11.6 Å². The Morgan fingerprint density at radius 1 is 1.30 bits per heavy atom. The van der Waals surface area contributed by atoms with Crippen LogP contribution < -0.4 is 9.47 Å². The molecule has 20 heavy (non-hydrogen) atoms. The molecule has 0 N–H and O–H groups in total. The van der Waals surface area contributed by atoms with Crippen molar-refractivity contribution < 1.29 is 22.6 Å². The lowest BCUT2D eigenvalue weighted by molar-refractivity contribution is -0.275. The number of para-hydroxylation sites is 2. The Labute approximate surface area is 120 Å². The molecule has 2 nitrogen and oxygen atoms in total. The van der Waals surface area contributed by atoms with Gasteiger partial charge in [-0.05, 0) is 18.6 Å². The minimum atomic E-state index is -4.73. The van der Waals surface area contributed by atoms with Gasteiger partial charge in [0.25, 0.3) is 0 Å². The van der Waals surface area contributed by atoms with Gasteiger partial charge in [-0.1, -0.05) is 26.0 Å². The summed E-state index contributed by atoms with van der Waals surface area (Å²) in [7, 11) is 0. The fraction of sp³-hybridized carbons (Fsp3) is 0.571. The Hall–Kier alpha value is -1.10. The Balaban J connectivity index is 2.14. The van der Waals surface area contributed by atoms with E-state index in [0.29, 0.717) is 6.42 Å². The first kappa shape index (κ1) is 15.3. The average molecular weight is 309 g/mol. The highest BCUT2D eigenvalue weighted by Crippen LogP contribution is 2.50. The van der Waals surface area contributed by atoms with Crippen LogP contribution in [-0.4, -0.2) is 17.8 Å². The molecular formula is C14H16ClF3O2. The van der Waals surface area contributed by atoms with Gasteiger partial charge in [0.15, 0.2) is 11.5 Å². The van der Waals surface area contributed by atoms with Crippen molar-refractivity contribution >= 4 is 11.6 Å². The van der Waals surface area contributed by atoms with E-state index in [-0.39, 0.29) is 28.4 Å². The minimum Gasteiger partial charge on any atom is -0.486 e. The molecule has 3 atom stereocenters. The molecule has 1 aliphatic carbocycles. The minimum absolute atomic E-state index is 0.0202. The quantitative estimate of drug-likeness (QED) is 0.747. The Kier molecular flexibility index (Phi) is 4.09. The van der Waals surface area contributed by atoms with E-state index in [0.717, 1.165) is 6.42 Å². The second-order valence-corrected chi connectivity index (χ2v) is 5.69. The Morgan fingerprint density at radius 2 is 1.90 bits per heavy atom. The lowest BCUT2D eigenvalue weighted by Gasteiger charge is -2.50. The molecule has 0 aromatic heterocycles. The maximum absolute atomic E-state index is 12.3. The second-order valence-electron chi connectivity index (χ2n) is 5.16. The van der Waals surface area contributed by atoms with Crippen LogP contribution in [0.2, 0.25) is 0 Å². The van der Waals surface area contributed by atoms with Gasteiger partial charge in [-0.3, -0.25) is 0 Å². The summed E-state index contributed by atoms with van der Waals surface area (Å²) in [6, 6.07) is 5.79. The standard InChI is InChI=1S/C14H16ClF3O2/c1-3-13(2)11(15)8-12(13)19-9-6-4-5-7-10(9)20-14(16,17)18/h4-7,11-12H,3,8H2,1-2H3. The van der Waals surface area contributed by atoms with Crippen molar-refractivity contribution in [2.75, 3.05) is 0 Å². The first-order chi connectivity index (χ1) is 9.26. The van der Waals surface area contributed by atoms with Crippen molar-refractivity contribution in [1.82, 2.24) is 0 Å². The summed E-state index contributed by atoms with van der Waals surface area (Å²) in [6.45, 7) is 3.97. The maximum Gasteiger partial charge on any atom is 0.573 e. The fourth-order valence-corrected chi connectivity index (χ4v) is 2.77. The molecule has 1 aromatic rings. The fourth-order valence-electron chi connectivity index (χ4n) is 2.31. The number of hydrogen-bond acceptors (Lipinski definition) is 2. The topological polar surface area (TPSA) is 18.5 Å². The second kappa shape index (κ2) is 5.35. The SMILES string of the molecule is CCC1(C)C(Cl)CC1Oc1ccccc1OC(F)(F)F. The first-order valence-electron chi connectivity index (χ1n) is 6.42. The normalized spacial score (nSPS) is 29.7. The first-order valence-corrected chi connectivity index (χ1v) is 6.85. The largest absolute Gasteiger partial charge is 0.573 e. The van der Waals surface area contributed by atoms with E-state index in [1.165, 1.54) is 18.2 Å². The highest BCUT2D eigenvalue weighted by molar-refractivity contribution is 6.21. The van der Waals surface area contributed by atoms with Gasteiger partial charge in [-0.15, -0.1) is 24.8 Å². The molecule has 0 aliphatic heterocycles. The molecule has 0 saturated heterocycles. The Morgan fingerprint density at radius 3 is 2.40 bits per heavy atom. The van der Waals surface area contributed by atoms with Crippen molar-refractivity contribution in [3.63, 3.8) is 0 Å². The molecule has 0 bridgehead atoms. The van der Waals surface area contributed by atoms with Gasteiger partial charge in [0.2, 0.25) is 0 Å². The van der Waals surface area contributed by atoms with Gasteiger partial charge in [0.1, 0.15) is 6.10 Å². The summed E-state index contributed by atoms with van der Waals surface area (Å²) < 4.78 is 46.7. The molecule has 1 fully saturated rings. The summed E-state index contributed by atoms with van der Waals surface area (Å²) in [5.41, 5.74) is -0.229. The van der Waals surface area contributed by atoms with Crippen molar-refractivity contribution in [1.29, 1.82) is 0 Å². The van der Waals surface area contributed by atoms with Crippen molar-refractivity contribution in [2.45, 2.75) is 44.5 Å². The zero-order valence-corrected chi connectivity index (χ0v) is 12.0. The van der Waals surface area contributed by atoms with Crippen molar-refractivity contribution in [3.05, 3.63) is 24.3 Å². The smallest absolute Gasteiger partial charge is 0.486 e. The van der Waals surface area contributed by atoms with E-state index >= 15 is 0 Å². The molecule has 1 aromatic carbocycles. The van der Waals surface area contributed by atoms with Gasteiger partial charge in [0.05, 0.1) is 0 Å². The van der Waals surface area contributed by atoms with Gasteiger partial charge < -0.3 is 9.47 Å². The van der Waals surface area contributed by atoms with Gasteiger partial charge >= 0.3 is 6.36 Å². The molecule has 0 amide bonds. The van der Waals surface area contributed by atoms with Crippen LogP contribution in [0.3, 0.4) is 0 Å². The third kappa shape index (κ3) is 2.97. The van der Waals surface area contributed by atoms with Crippen LogP contribution in [0.5, 0.6) is 11.5 Å². The van der Waals surface area contributed by atoms with Crippen LogP contribution in [0.4, 0.5) is 13.2 Å². The van der Waals surface area contributed by atoms with E-state index < -0.39 is 6.36 Å². The van der Waals surface area contributed by atoms with Crippen LogP contribution in [0.15, 0.2) is 24.3 Å². The molecule has 1 aliphatic rings. The number of rotatable bonds is 4. The molecule has 0 heterocycles. The summed E-state index contributed by atoms with van der Waals surface area (Å²) in [5, 5.41) is -0.0202. The van der Waals surface area contributed by atoms with Crippen molar-refractivity contribution in [3.8, 4) is 11.5 Å². The van der Waals surface area contributed by atoms with E-state index in [1.807, 2.05) is 13.8 Å². The molecule has 112 valence electrons. The molecule has 0 spiro atoms. The number of benzene rings is 1. The lowest BCUT2D eigenvalue weighted by atomic mass is 9.65. The number of hydrogen-bond donors (Lipinski definition) is 0. The molecule has 6 heteroatoms. The number of halogens is 4. The van der Waals surface area contributed by atoms with E-state index in [9.17, 15) is 13.2 Å². The highest BCUT2D eigenvalue weighted by atomic mass is 35.5. The van der Waals surface area contributed by atoms with Gasteiger partial charge in [0, 0.05) is 17.2 Å². The maximum atomic E-state index is 12.3. The van der Waals surface area contributed by atoms with Crippen molar-refractivity contribution in [2.24, 2.45) is 5.41 Å². The average Bonchev–Trinajstić information content (AvgIpc) is 2.37. The summed E-state index contributed by atoms with van der Waals surface area (Å²) >= 11 is 6.17. The molecule has 0 radical (unpaired) electrons. The Bertz CT molecular complexity index is 478. The van der Waals surface area contributed by atoms with Gasteiger partial charge in [-0.2, -0.15) is 0 Å². The summed E-state index contributed by atoms with van der Waals surface area (Å²) in [4.78, 5) is 0. The molecular weight excluding hydrogens is 293 g/mol. The summed E-state index contributed by atoms with van der Waals surface area (Å²) in [5.74, 6) is -0.227. The highest BCUT2D eigenvalue weighted by Gasteiger charge is 2.51. The van der Waals surface area contributed by atoms with Gasteiger partial charge in [-0.25, -0.2) is 0 Å². The van der Waals surface area contributed by atoms with Crippen LogP contribution in [0, 0.1) is 5.41 Å². The molecule has 3 unspecified atom stereocenters. The van der Waals surface area contributed by atoms with E-state index in [2.05, 4.69) is 4.74 Å². The predicted molar refractivity (Wildman–Crippen MR) is 70.2 cm³/mol. The third-order valence-electron chi connectivity index (χ3n) is 3.98. The lowest BCUT2D eigenvalue weighted by Crippen LogP contribution is -2.55. The summed E-state index contributed by atoms with van der Waals surface area (Å²) in [6.07, 6.45) is -3.52. The predicted octanol–water partition coefficient (Wildman–Crippen LogP) is 4.76. The zero-order chi connectivity index (χ0) is 15.0. The van der Waals surface area contributed by atoms with Crippen LogP contribution in [0.1, 0.15) is 26.7 Å². The van der Waals surface area contributed by atoms with Crippen LogP contribution in [-0.2, 0) is 0 Å². The molecule has 2 rings (SSSR count). The number of ether oxygens (including phenoxy) is 2. The van der Waals surface area contributed by atoms with E-state index in [4.69, 9.17) is 16.3 Å². The monoisotopic (exact) mass is 308 g/mol.